The van der Waals surface area contributed by atoms with Crippen molar-refractivity contribution in [2.24, 2.45) is 5.92 Å². The number of ether oxygens (including phenoxy) is 3. The fourth-order valence-corrected chi connectivity index (χ4v) is 3.48. The number of nitrogens with zero attached hydrogens (tertiary/aromatic N) is 1. The molecule has 1 aliphatic rings. The second-order valence-electron chi connectivity index (χ2n) is 6.78. The van der Waals surface area contributed by atoms with Gasteiger partial charge < -0.3 is 19.1 Å². The number of amides is 1. The Kier molecular flexibility index (Phi) is 6.19. The van der Waals surface area contributed by atoms with Crippen LogP contribution in [0, 0.1) is 5.92 Å². The van der Waals surface area contributed by atoms with Crippen molar-refractivity contribution in [3.05, 3.63) is 53.6 Å². The van der Waals surface area contributed by atoms with Gasteiger partial charge in [-0.1, -0.05) is 0 Å². The number of ketones is 1. The number of hydrogen-bond donors (Lipinski definition) is 0. The molecular formula is C22H25NO5. The predicted molar refractivity (Wildman–Crippen MR) is 105 cm³/mol. The van der Waals surface area contributed by atoms with Crippen LogP contribution in [0.3, 0.4) is 0 Å². The third kappa shape index (κ3) is 4.27. The molecule has 1 atom stereocenters. The standard InChI is InChI=1S/C22H25NO5/c1-26-18-8-6-15(7-9-18)21(24)16-5-4-10-23(14-16)22(25)17-11-19(27-2)13-20(12-17)28-3/h6-9,11-13,16H,4-5,10,14H2,1-3H3. The minimum Gasteiger partial charge on any atom is -0.497 e. The first-order chi connectivity index (χ1) is 13.5. The summed E-state index contributed by atoms with van der Waals surface area (Å²) in [7, 11) is 4.69. The minimum absolute atomic E-state index is 0.0587. The molecule has 2 aromatic carbocycles. The lowest BCUT2D eigenvalue weighted by Gasteiger charge is -2.32. The third-order valence-corrected chi connectivity index (χ3v) is 5.05. The van der Waals surface area contributed by atoms with E-state index in [-0.39, 0.29) is 17.6 Å². The fraction of sp³-hybridized carbons (Fsp3) is 0.364. The maximum atomic E-state index is 13.0. The molecule has 1 amide bonds. The van der Waals surface area contributed by atoms with Crippen molar-refractivity contribution in [2.45, 2.75) is 12.8 Å². The summed E-state index contributed by atoms with van der Waals surface area (Å²) in [4.78, 5) is 27.6. The Labute approximate surface area is 165 Å². The van der Waals surface area contributed by atoms with Crippen LogP contribution in [0.4, 0.5) is 0 Å². The Morgan fingerprint density at radius 1 is 0.857 bits per heavy atom. The molecule has 28 heavy (non-hydrogen) atoms. The average Bonchev–Trinajstić information content (AvgIpc) is 2.77. The lowest BCUT2D eigenvalue weighted by atomic mass is 9.89. The van der Waals surface area contributed by atoms with E-state index in [2.05, 4.69) is 0 Å². The molecule has 0 saturated carbocycles. The van der Waals surface area contributed by atoms with Crippen LogP contribution in [0.15, 0.2) is 42.5 Å². The van der Waals surface area contributed by atoms with Crippen LogP contribution in [-0.4, -0.2) is 51.0 Å². The normalized spacial score (nSPS) is 16.4. The zero-order valence-corrected chi connectivity index (χ0v) is 16.4. The van der Waals surface area contributed by atoms with Crippen molar-refractivity contribution in [1.82, 2.24) is 4.90 Å². The second kappa shape index (κ2) is 8.78. The van der Waals surface area contributed by atoms with Crippen LogP contribution in [0.2, 0.25) is 0 Å². The quantitative estimate of drug-likeness (QED) is 0.715. The maximum Gasteiger partial charge on any atom is 0.254 e. The van der Waals surface area contributed by atoms with E-state index in [9.17, 15) is 9.59 Å². The van der Waals surface area contributed by atoms with Gasteiger partial charge in [0.1, 0.15) is 17.2 Å². The highest BCUT2D eigenvalue weighted by Crippen LogP contribution is 2.27. The number of methoxy groups -OCH3 is 3. The summed E-state index contributed by atoms with van der Waals surface area (Å²) in [5.41, 5.74) is 1.14. The Morgan fingerprint density at radius 3 is 2.04 bits per heavy atom. The molecule has 2 aromatic rings. The van der Waals surface area contributed by atoms with Gasteiger partial charge in [-0.3, -0.25) is 9.59 Å². The molecular weight excluding hydrogens is 358 g/mol. The average molecular weight is 383 g/mol. The number of carbonyl (C=O) groups excluding carboxylic acids is 2. The molecule has 0 bridgehead atoms. The Balaban J connectivity index is 1.75. The van der Waals surface area contributed by atoms with Crippen molar-refractivity contribution in [1.29, 1.82) is 0 Å². The van der Waals surface area contributed by atoms with Gasteiger partial charge in [0.15, 0.2) is 5.78 Å². The molecule has 6 heteroatoms. The smallest absolute Gasteiger partial charge is 0.254 e. The number of rotatable bonds is 6. The Morgan fingerprint density at radius 2 is 1.46 bits per heavy atom. The van der Waals surface area contributed by atoms with Crippen molar-refractivity contribution in [2.75, 3.05) is 34.4 Å². The first kappa shape index (κ1) is 19.7. The predicted octanol–water partition coefficient (Wildman–Crippen LogP) is 3.45. The SMILES string of the molecule is COc1ccc(C(=O)C2CCCN(C(=O)c3cc(OC)cc(OC)c3)C2)cc1. The number of likely N-dealkylation sites (tertiary alicyclic amines) is 1. The van der Waals surface area contributed by atoms with Gasteiger partial charge in [0.25, 0.3) is 5.91 Å². The number of hydrogen-bond acceptors (Lipinski definition) is 5. The lowest BCUT2D eigenvalue weighted by Crippen LogP contribution is -2.42. The summed E-state index contributed by atoms with van der Waals surface area (Å²) < 4.78 is 15.7. The number of Topliss-reactive ketones (excluding diaryl/α,β-unsaturated/α-hetero) is 1. The summed E-state index contributed by atoms with van der Waals surface area (Å²) in [6.07, 6.45) is 1.56. The molecule has 6 nitrogen and oxygen atoms in total. The zero-order chi connectivity index (χ0) is 20.1. The highest BCUT2D eigenvalue weighted by molar-refractivity contribution is 5.99. The van der Waals surface area contributed by atoms with Crippen molar-refractivity contribution >= 4 is 11.7 Å². The van der Waals surface area contributed by atoms with Crippen LogP contribution in [0.25, 0.3) is 0 Å². The van der Waals surface area contributed by atoms with Crippen molar-refractivity contribution in [3.63, 3.8) is 0 Å². The van der Waals surface area contributed by atoms with Gasteiger partial charge in [-0.05, 0) is 49.2 Å². The summed E-state index contributed by atoms with van der Waals surface area (Å²) in [6, 6.07) is 12.2. The van der Waals surface area contributed by atoms with Gasteiger partial charge in [0.2, 0.25) is 0 Å². The molecule has 0 N–H and O–H groups in total. The molecule has 148 valence electrons. The number of benzene rings is 2. The molecule has 1 unspecified atom stereocenters. The Bertz CT molecular complexity index is 824. The van der Waals surface area contributed by atoms with Crippen LogP contribution < -0.4 is 14.2 Å². The second-order valence-corrected chi connectivity index (χ2v) is 6.78. The molecule has 0 radical (unpaired) electrons. The number of piperidine rings is 1. The zero-order valence-electron chi connectivity index (χ0n) is 16.4. The molecule has 1 fully saturated rings. The van der Waals surface area contributed by atoms with Gasteiger partial charge in [-0.2, -0.15) is 0 Å². The highest BCUT2D eigenvalue weighted by Gasteiger charge is 2.30. The van der Waals surface area contributed by atoms with Crippen molar-refractivity contribution in [3.8, 4) is 17.2 Å². The van der Waals surface area contributed by atoms with Gasteiger partial charge in [-0.15, -0.1) is 0 Å². The monoisotopic (exact) mass is 383 g/mol. The number of carbonyl (C=O) groups is 2. The Hall–Kier alpha value is -3.02. The van der Waals surface area contributed by atoms with Gasteiger partial charge in [0, 0.05) is 36.2 Å². The van der Waals surface area contributed by atoms with E-state index < -0.39 is 0 Å². The van der Waals surface area contributed by atoms with E-state index in [0.717, 1.165) is 12.8 Å². The van der Waals surface area contributed by atoms with Crippen LogP contribution in [0.1, 0.15) is 33.6 Å². The summed E-state index contributed by atoms with van der Waals surface area (Å²) >= 11 is 0. The molecule has 1 heterocycles. The molecule has 0 spiro atoms. The highest BCUT2D eigenvalue weighted by atomic mass is 16.5. The van der Waals surface area contributed by atoms with E-state index in [0.29, 0.717) is 41.5 Å². The van der Waals surface area contributed by atoms with Gasteiger partial charge in [0.05, 0.1) is 21.3 Å². The fourth-order valence-electron chi connectivity index (χ4n) is 3.48. The van der Waals surface area contributed by atoms with E-state index in [4.69, 9.17) is 14.2 Å². The van der Waals surface area contributed by atoms with E-state index >= 15 is 0 Å². The summed E-state index contributed by atoms with van der Waals surface area (Å²) in [5, 5.41) is 0. The lowest BCUT2D eigenvalue weighted by molar-refractivity contribution is 0.0636. The molecule has 1 saturated heterocycles. The molecule has 0 aromatic heterocycles. The van der Waals surface area contributed by atoms with Crippen LogP contribution >= 0.6 is 0 Å². The first-order valence-electron chi connectivity index (χ1n) is 9.26. The topological polar surface area (TPSA) is 65.1 Å². The molecule has 3 rings (SSSR count). The van der Waals surface area contributed by atoms with E-state index in [1.807, 2.05) is 0 Å². The maximum absolute atomic E-state index is 13.0. The summed E-state index contributed by atoms with van der Waals surface area (Å²) in [6.45, 7) is 1.04. The van der Waals surface area contributed by atoms with Crippen molar-refractivity contribution < 1.29 is 23.8 Å². The third-order valence-electron chi connectivity index (χ3n) is 5.05. The van der Waals surface area contributed by atoms with E-state index in [1.165, 1.54) is 0 Å². The summed E-state index contributed by atoms with van der Waals surface area (Å²) in [5.74, 6) is 1.56. The van der Waals surface area contributed by atoms with Crippen LogP contribution in [0.5, 0.6) is 17.2 Å². The molecule has 1 aliphatic heterocycles. The molecule has 0 aliphatic carbocycles. The minimum atomic E-state index is -0.210. The van der Waals surface area contributed by atoms with E-state index in [1.54, 1.807) is 68.7 Å². The van der Waals surface area contributed by atoms with Crippen LogP contribution in [-0.2, 0) is 0 Å². The first-order valence-corrected chi connectivity index (χ1v) is 9.26. The largest absolute Gasteiger partial charge is 0.497 e. The van der Waals surface area contributed by atoms with Gasteiger partial charge >= 0.3 is 0 Å². The van der Waals surface area contributed by atoms with Gasteiger partial charge in [-0.25, -0.2) is 0 Å².